The maximum absolute atomic E-state index is 15.2. The molecule has 154 valence electrons. The number of benzene rings is 2. The Balaban J connectivity index is 1.58. The van der Waals surface area contributed by atoms with Gasteiger partial charge in [0.1, 0.15) is 17.5 Å². The molecule has 2 bridgehead atoms. The molecule has 3 aromatic rings. The van der Waals surface area contributed by atoms with Crippen LogP contribution in [0.1, 0.15) is 47.9 Å². The first-order valence-electron chi connectivity index (χ1n) is 10.3. The first-order valence-corrected chi connectivity index (χ1v) is 10.3. The Labute approximate surface area is 171 Å². The third kappa shape index (κ3) is 2.21. The molecule has 0 saturated heterocycles. The minimum atomic E-state index is -0.454. The summed E-state index contributed by atoms with van der Waals surface area (Å²) in [6, 6.07) is 3.82. The molecule has 2 aromatic carbocycles. The molecular formula is C22H22F2N6. The van der Waals surface area contributed by atoms with Gasteiger partial charge >= 0.3 is 0 Å². The van der Waals surface area contributed by atoms with Crippen LogP contribution in [-0.2, 0) is 0 Å². The lowest BCUT2D eigenvalue weighted by atomic mass is 9.67. The Kier molecular flexibility index (Phi) is 3.50. The number of fused-ring (bicyclic) bond motifs is 9. The Hall–Kier alpha value is -3.16. The SMILES string of the molecule is N=C(N)c1cc([C@@H]2Nc3c(F)cc4[nH]ncc4c3[C@H]3C4CCC(C4)[C@@H]23)c(F)cc1N. The van der Waals surface area contributed by atoms with Crippen LogP contribution in [0.2, 0.25) is 0 Å². The van der Waals surface area contributed by atoms with Gasteiger partial charge in [-0.1, -0.05) is 0 Å². The van der Waals surface area contributed by atoms with Gasteiger partial charge in [0, 0.05) is 28.3 Å². The monoisotopic (exact) mass is 408 g/mol. The normalized spacial score (nSPS) is 28.9. The molecular weight excluding hydrogens is 386 g/mol. The molecule has 0 spiro atoms. The van der Waals surface area contributed by atoms with Gasteiger partial charge in [-0.05, 0) is 60.6 Å². The highest BCUT2D eigenvalue weighted by Crippen LogP contribution is 2.65. The number of halogens is 2. The number of nitrogen functional groups attached to an aromatic ring is 2. The molecule has 30 heavy (non-hydrogen) atoms. The van der Waals surface area contributed by atoms with Crippen molar-refractivity contribution in [1.29, 1.82) is 5.41 Å². The predicted molar refractivity (Wildman–Crippen MR) is 111 cm³/mol. The van der Waals surface area contributed by atoms with E-state index in [1.165, 1.54) is 12.1 Å². The van der Waals surface area contributed by atoms with E-state index in [0.717, 1.165) is 30.2 Å². The fourth-order valence-electron chi connectivity index (χ4n) is 6.43. The summed E-state index contributed by atoms with van der Waals surface area (Å²) in [5.74, 6) is 0.134. The molecule has 2 aliphatic carbocycles. The maximum atomic E-state index is 15.2. The minimum Gasteiger partial charge on any atom is -0.398 e. The van der Waals surface area contributed by atoms with Crippen molar-refractivity contribution in [3.8, 4) is 0 Å². The average Bonchev–Trinajstić information content (AvgIpc) is 3.43. The van der Waals surface area contributed by atoms with E-state index in [1.54, 1.807) is 12.3 Å². The van der Waals surface area contributed by atoms with E-state index in [2.05, 4.69) is 15.5 Å². The summed E-state index contributed by atoms with van der Waals surface area (Å²) in [6.07, 6.45) is 5.03. The molecule has 8 heteroatoms. The fourth-order valence-corrected chi connectivity index (χ4v) is 6.43. The van der Waals surface area contributed by atoms with Crippen molar-refractivity contribution < 1.29 is 8.78 Å². The minimum absolute atomic E-state index is 0.133. The van der Waals surface area contributed by atoms with E-state index in [9.17, 15) is 0 Å². The smallest absolute Gasteiger partial charge is 0.148 e. The van der Waals surface area contributed by atoms with Crippen molar-refractivity contribution in [1.82, 2.24) is 10.2 Å². The molecule has 2 fully saturated rings. The molecule has 0 radical (unpaired) electrons. The molecule has 2 unspecified atom stereocenters. The van der Waals surface area contributed by atoms with Gasteiger partial charge in [0.05, 0.1) is 23.4 Å². The number of H-pyrrole nitrogens is 1. The van der Waals surface area contributed by atoms with Crippen LogP contribution in [0.4, 0.5) is 20.2 Å². The van der Waals surface area contributed by atoms with Crippen molar-refractivity contribution in [2.75, 3.05) is 11.1 Å². The summed E-state index contributed by atoms with van der Waals surface area (Å²) in [4.78, 5) is 0. The third-order valence-corrected chi connectivity index (χ3v) is 7.53. The molecule has 7 N–H and O–H groups in total. The fraction of sp³-hybridized carbons (Fsp3) is 0.364. The van der Waals surface area contributed by atoms with E-state index < -0.39 is 11.9 Å². The van der Waals surface area contributed by atoms with Gasteiger partial charge in [-0.25, -0.2) is 8.78 Å². The second-order valence-electron chi connectivity index (χ2n) is 8.91. The van der Waals surface area contributed by atoms with Crippen molar-refractivity contribution in [3.05, 3.63) is 52.7 Å². The van der Waals surface area contributed by atoms with Crippen LogP contribution in [0.5, 0.6) is 0 Å². The Morgan fingerprint density at radius 2 is 1.93 bits per heavy atom. The van der Waals surface area contributed by atoms with Gasteiger partial charge in [0.25, 0.3) is 0 Å². The van der Waals surface area contributed by atoms with Crippen molar-refractivity contribution in [2.24, 2.45) is 23.5 Å². The van der Waals surface area contributed by atoms with Crippen LogP contribution in [0.15, 0.2) is 24.4 Å². The van der Waals surface area contributed by atoms with Gasteiger partial charge in [0.15, 0.2) is 0 Å². The third-order valence-electron chi connectivity index (χ3n) is 7.53. The number of amidine groups is 1. The molecule has 0 amide bonds. The van der Waals surface area contributed by atoms with Crippen molar-refractivity contribution in [2.45, 2.75) is 31.2 Å². The average molecular weight is 408 g/mol. The molecule has 5 atom stereocenters. The molecule has 6 rings (SSSR count). The predicted octanol–water partition coefficient (Wildman–Crippen LogP) is 4.00. The lowest BCUT2D eigenvalue weighted by Gasteiger charge is -2.44. The molecule has 2 saturated carbocycles. The number of aromatic nitrogens is 2. The second kappa shape index (κ2) is 5.93. The van der Waals surface area contributed by atoms with Gasteiger partial charge < -0.3 is 16.8 Å². The highest BCUT2D eigenvalue weighted by Gasteiger charge is 2.55. The van der Waals surface area contributed by atoms with Gasteiger partial charge in [0.2, 0.25) is 0 Å². The number of nitrogens with one attached hydrogen (secondary N) is 3. The molecule has 1 aromatic heterocycles. The summed E-state index contributed by atoms with van der Waals surface area (Å²) in [7, 11) is 0. The van der Waals surface area contributed by atoms with Crippen molar-refractivity contribution >= 4 is 28.1 Å². The standard InChI is InChI=1S/C22H22F2N6/c23-13-5-15(25)11(22(26)27)4-10(13)20-18-9-2-1-8(3-9)17(18)19-12-7-28-30-16(12)6-14(24)21(19)29-20/h4-9,17-18,20,29H,1-3,25H2,(H3,26,27)(H,28,30)/t8?,9?,17-,18+,20-/m0/s1. The van der Waals surface area contributed by atoms with E-state index in [0.29, 0.717) is 34.2 Å². The van der Waals surface area contributed by atoms with Crippen LogP contribution < -0.4 is 16.8 Å². The number of hydrogen-bond acceptors (Lipinski definition) is 4. The van der Waals surface area contributed by atoms with Crippen LogP contribution in [0.25, 0.3) is 10.9 Å². The highest BCUT2D eigenvalue weighted by atomic mass is 19.1. The summed E-state index contributed by atoms with van der Waals surface area (Å²) < 4.78 is 30.3. The molecule has 3 aliphatic rings. The van der Waals surface area contributed by atoms with Crippen LogP contribution in [0, 0.1) is 34.8 Å². The number of anilines is 2. The molecule has 1 aliphatic heterocycles. The number of hydrogen-bond donors (Lipinski definition) is 5. The number of nitrogens with two attached hydrogens (primary N) is 2. The zero-order valence-electron chi connectivity index (χ0n) is 16.2. The number of nitrogens with zero attached hydrogens (tertiary/aromatic N) is 1. The Bertz CT molecular complexity index is 1220. The Morgan fingerprint density at radius 3 is 2.73 bits per heavy atom. The quantitative estimate of drug-likeness (QED) is 0.250. The van der Waals surface area contributed by atoms with E-state index >= 15 is 8.78 Å². The van der Waals surface area contributed by atoms with Crippen molar-refractivity contribution in [3.63, 3.8) is 0 Å². The summed E-state index contributed by atoms with van der Waals surface area (Å²) in [5.41, 5.74) is 14.5. The number of rotatable bonds is 2. The lowest BCUT2D eigenvalue weighted by molar-refractivity contribution is 0.245. The first kappa shape index (κ1) is 17.7. The summed E-state index contributed by atoms with van der Waals surface area (Å²) >= 11 is 0. The zero-order valence-corrected chi connectivity index (χ0v) is 16.2. The topological polar surface area (TPSA) is 117 Å². The lowest BCUT2D eigenvalue weighted by Crippen LogP contribution is -2.36. The van der Waals surface area contributed by atoms with Crippen LogP contribution in [-0.4, -0.2) is 16.0 Å². The maximum Gasteiger partial charge on any atom is 0.148 e. The molecule has 6 nitrogen and oxygen atoms in total. The largest absolute Gasteiger partial charge is 0.398 e. The second-order valence-corrected chi connectivity index (χ2v) is 8.91. The van der Waals surface area contributed by atoms with E-state index in [-0.39, 0.29) is 29.2 Å². The van der Waals surface area contributed by atoms with Gasteiger partial charge in [-0.15, -0.1) is 0 Å². The highest BCUT2D eigenvalue weighted by molar-refractivity contribution is 6.00. The first-order chi connectivity index (χ1) is 14.4. The van der Waals surface area contributed by atoms with Crippen LogP contribution >= 0.6 is 0 Å². The molecule has 2 heterocycles. The van der Waals surface area contributed by atoms with E-state index in [4.69, 9.17) is 16.9 Å². The van der Waals surface area contributed by atoms with Gasteiger partial charge in [-0.3, -0.25) is 10.5 Å². The summed E-state index contributed by atoms with van der Waals surface area (Å²) in [6.45, 7) is 0. The zero-order chi connectivity index (χ0) is 20.7. The van der Waals surface area contributed by atoms with E-state index in [1.807, 2.05) is 0 Å². The summed E-state index contributed by atoms with van der Waals surface area (Å²) in [5, 5.41) is 19.1. The Morgan fingerprint density at radius 1 is 1.13 bits per heavy atom. The number of aromatic amines is 1. The van der Waals surface area contributed by atoms with Gasteiger partial charge in [-0.2, -0.15) is 5.10 Å². The van der Waals surface area contributed by atoms with Crippen LogP contribution in [0.3, 0.4) is 0 Å².